The Morgan fingerprint density at radius 1 is 0.906 bits per heavy atom. The highest BCUT2D eigenvalue weighted by Crippen LogP contribution is 2.23. The van der Waals surface area contributed by atoms with E-state index in [9.17, 15) is 4.79 Å². The molecule has 4 rings (SSSR count). The molecule has 0 aliphatic carbocycles. The van der Waals surface area contributed by atoms with Crippen molar-refractivity contribution in [3.05, 3.63) is 95.6 Å². The van der Waals surface area contributed by atoms with E-state index in [1.54, 1.807) is 0 Å². The Morgan fingerprint density at radius 3 is 2.34 bits per heavy atom. The summed E-state index contributed by atoms with van der Waals surface area (Å²) < 4.78 is 5.49. The highest BCUT2D eigenvalue weighted by Gasteiger charge is 2.16. The summed E-state index contributed by atoms with van der Waals surface area (Å²) in [6.07, 6.45) is 0.792. The first kappa shape index (κ1) is 22.1. The van der Waals surface area contributed by atoms with Crippen molar-refractivity contribution < 1.29 is 9.53 Å². The summed E-state index contributed by atoms with van der Waals surface area (Å²) in [6, 6.07) is 26.8. The van der Waals surface area contributed by atoms with Crippen LogP contribution in [0.1, 0.15) is 16.7 Å². The Hall–Kier alpha value is -3.15. The van der Waals surface area contributed by atoms with Crippen LogP contribution < -0.4 is 10.2 Å². The van der Waals surface area contributed by atoms with Gasteiger partial charge in [0.25, 0.3) is 0 Å². The zero-order valence-corrected chi connectivity index (χ0v) is 18.7. The molecule has 1 aliphatic heterocycles. The summed E-state index contributed by atoms with van der Waals surface area (Å²) >= 11 is 0. The molecule has 0 saturated carbocycles. The summed E-state index contributed by atoms with van der Waals surface area (Å²) in [4.78, 5) is 17.3. The van der Waals surface area contributed by atoms with Crippen LogP contribution in [0.3, 0.4) is 0 Å². The molecule has 5 heteroatoms. The predicted octanol–water partition coefficient (Wildman–Crippen LogP) is 4.18. The fourth-order valence-electron chi connectivity index (χ4n) is 4.15. The van der Waals surface area contributed by atoms with Crippen LogP contribution in [0.4, 0.5) is 11.4 Å². The number of para-hydroxylation sites is 2. The van der Waals surface area contributed by atoms with Gasteiger partial charge in [0.05, 0.1) is 19.8 Å². The molecular weight excluding hydrogens is 398 g/mol. The minimum Gasteiger partial charge on any atom is -0.378 e. The molecule has 1 heterocycles. The second kappa shape index (κ2) is 10.9. The van der Waals surface area contributed by atoms with E-state index in [0.29, 0.717) is 13.1 Å². The van der Waals surface area contributed by atoms with E-state index in [2.05, 4.69) is 57.6 Å². The molecule has 0 bridgehead atoms. The number of hydrogen-bond acceptors (Lipinski definition) is 4. The first-order valence-electron chi connectivity index (χ1n) is 11.2. The molecule has 0 spiro atoms. The molecule has 0 atom stereocenters. The fraction of sp³-hybridized carbons (Fsp3) is 0.296. The minimum absolute atomic E-state index is 0.00290. The quantitative estimate of drug-likeness (QED) is 0.583. The van der Waals surface area contributed by atoms with Gasteiger partial charge in [-0.3, -0.25) is 9.69 Å². The van der Waals surface area contributed by atoms with E-state index in [0.717, 1.165) is 44.0 Å². The monoisotopic (exact) mass is 429 g/mol. The first-order chi connectivity index (χ1) is 15.7. The number of rotatable bonds is 8. The Labute approximate surface area is 190 Å². The molecule has 1 saturated heterocycles. The molecule has 0 aromatic heterocycles. The van der Waals surface area contributed by atoms with Crippen LogP contribution in [0.5, 0.6) is 0 Å². The zero-order chi connectivity index (χ0) is 22.2. The van der Waals surface area contributed by atoms with Gasteiger partial charge in [-0.1, -0.05) is 66.7 Å². The van der Waals surface area contributed by atoms with Crippen LogP contribution in [0.15, 0.2) is 78.9 Å². The molecular formula is C27H31N3O2. The van der Waals surface area contributed by atoms with Crippen LogP contribution in [-0.2, 0) is 22.5 Å². The number of benzene rings is 3. The van der Waals surface area contributed by atoms with Gasteiger partial charge in [-0.05, 0) is 42.3 Å². The van der Waals surface area contributed by atoms with E-state index < -0.39 is 0 Å². The standard InChI is InChI=1S/C27H31N3O2/c1-29(20-24-12-6-8-14-26(24)30-15-17-32-18-16-30)21-27(31)28-25-13-7-5-11-23(25)19-22-9-3-2-4-10-22/h2-14H,15-21H2,1H3,(H,28,31). The zero-order valence-electron chi connectivity index (χ0n) is 18.7. The minimum atomic E-state index is -0.00290. The third kappa shape index (κ3) is 5.96. The van der Waals surface area contributed by atoms with Crippen molar-refractivity contribution in [3.8, 4) is 0 Å². The predicted molar refractivity (Wildman–Crippen MR) is 130 cm³/mol. The molecule has 0 unspecified atom stereocenters. The Kier molecular flexibility index (Phi) is 7.54. The van der Waals surface area contributed by atoms with Gasteiger partial charge in [0.1, 0.15) is 0 Å². The van der Waals surface area contributed by atoms with Crippen molar-refractivity contribution in [2.75, 3.05) is 50.1 Å². The van der Waals surface area contributed by atoms with Crippen molar-refractivity contribution in [1.82, 2.24) is 4.90 Å². The van der Waals surface area contributed by atoms with Gasteiger partial charge < -0.3 is 15.0 Å². The summed E-state index contributed by atoms with van der Waals surface area (Å²) in [5.74, 6) is -0.00290. The second-order valence-corrected chi connectivity index (χ2v) is 8.27. The van der Waals surface area contributed by atoms with E-state index in [4.69, 9.17) is 4.74 Å². The Morgan fingerprint density at radius 2 is 1.56 bits per heavy atom. The summed E-state index contributed by atoms with van der Waals surface area (Å²) in [5, 5.41) is 3.12. The number of carbonyl (C=O) groups excluding carboxylic acids is 1. The maximum atomic E-state index is 12.8. The lowest BCUT2D eigenvalue weighted by Crippen LogP contribution is -2.37. The van der Waals surface area contributed by atoms with E-state index in [-0.39, 0.29) is 5.91 Å². The molecule has 1 fully saturated rings. The topological polar surface area (TPSA) is 44.8 Å². The lowest BCUT2D eigenvalue weighted by Gasteiger charge is -2.31. The number of nitrogens with zero attached hydrogens (tertiary/aromatic N) is 2. The number of hydrogen-bond donors (Lipinski definition) is 1. The van der Waals surface area contributed by atoms with Gasteiger partial charge in [-0.2, -0.15) is 0 Å². The second-order valence-electron chi connectivity index (χ2n) is 8.27. The van der Waals surface area contributed by atoms with Crippen LogP contribution in [-0.4, -0.2) is 50.7 Å². The summed E-state index contributed by atoms with van der Waals surface area (Å²) in [5.41, 5.74) is 5.69. The number of anilines is 2. The maximum absolute atomic E-state index is 12.8. The van der Waals surface area contributed by atoms with Gasteiger partial charge >= 0.3 is 0 Å². The van der Waals surface area contributed by atoms with Crippen LogP contribution in [0.2, 0.25) is 0 Å². The van der Waals surface area contributed by atoms with Gasteiger partial charge in [0.2, 0.25) is 5.91 Å². The van der Waals surface area contributed by atoms with Crippen LogP contribution in [0.25, 0.3) is 0 Å². The average molecular weight is 430 g/mol. The van der Waals surface area contributed by atoms with Crippen molar-refractivity contribution >= 4 is 17.3 Å². The Balaban J connectivity index is 1.37. The Bertz CT molecular complexity index is 1020. The van der Waals surface area contributed by atoms with Gasteiger partial charge in [-0.25, -0.2) is 0 Å². The average Bonchev–Trinajstić information content (AvgIpc) is 2.82. The largest absolute Gasteiger partial charge is 0.378 e. The summed E-state index contributed by atoms with van der Waals surface area (Å²) in [7, 11) is 1.99. The molecule has 0 radical (unpaired) electrons. The van der Waals surface area contributed by atoms with E-state index in [1.165, 1.54) is 16.8 Å². The normalized spacial score (nSPS) is 13.9. The van der Waals surface area contributed by atoms with Crippen molar-refractivity contribution in [2.45, 2.75) is 13.0 Å². The highest BCUT2D eigenvalue weighted by atomic mass is 16.5. The number of ether oxygens (including phenoxy) is 1. The number of likely N-dealkylation sites (N-methyl/N-ethyl adjacent to an activating group) is 1. The van der Waals surface area contributed by atoms with Gasteiger partial charge in [0.15, 0.2) is 0 Å². The van der Waals surface area contributed by atoms with E-state index in [1.807, 2.05) is 43.4 Å². The van der Waals surface area contributed by atoms with Crippen molar-refractivity contribution in [1.29, 1.82) is 0 Å². The van der Waals surface area contributed by atoms with Crippen molar-refractivity contribution in [2.24, 2.45) is 0 Å². The molecule has 5 nitrogen and oxygen atoms in total. The molecule has 1 aliphatic rings. The van der Waals surface area contributed by atoms with Gasteiger partial charge in [0, 0.05) is 31.0 Å². The number of morpholine rings is 1. The number of amides is 1. The van der Waals surface area contributed by atoms with Crippen LogP contribution >= 0.6 is 0 Å². The molecule has 1 amide bonds. The molecule has 3 aromatic carbocycles. The lowest BCUT2D eigenvalue weighted by atomic mass is 10.0. The molecule has 1 N–H and O–H groups in total. The smallest absolute Gasteiger partial charge is 0.238 e. The summed E-state index contributed by atoms with van der Waals surface area (Å²) in [6.45, 7) is 4.37. The lowest BCUT2D eigenvalue weighted by molar-refractivity contribution is -0.117. The molecule has 3 aromatic rings. The molecule has 32 heavy (non-hydrogen) atoms. The third-order valence-electron chi connectivity index (χ3n) is 5.73. The van der Waals surface area contributed by atoms with Crippen molar-refractivity contribution in [3.63, 3.8) is 0 Å². The van der Waals surface area contributed by atoms with Gasteiger partial charge in [-0.15, -0.1) is 0 Å². The SMILES string of the molecule is CN(CC(=O)Nc1ccccc1Cc1ccccc1)Cc1ccccc1N1CCOCC1. The number of carbonyl (C=O) groups is 1. The van der Waals surface area contributed by atoms with Crippen LogP contribution in [0, 0.1) is 0 Å². The molecule has 166 valence electrons. The number of nitrogens with one attached hydrogen (secondary N) is 1. The maximum Gasteiger partial charge on any atom is 0.238 e. The van der Waals surface area contributed by atoms with E-state index >= 15 is 0 Å². The highest BCUT2D eigenvalue weighted by molar-refractivity contribution is 5.93. The third-order valence-corrected chi connectivity index (χ3v) is 5.73. The fourth-order valence-corrected chi connectivity index (χ4v) is 4.15. The first-order valence-corrected chi connectivity index (χ1v) is 11.2.